The van der Waals surface area contributed by atoms with Gasteiger partial charge in [-0.25, -0.2) is 0 Å². The molecule has 168 valence electrons. The van der Waals surface area contributed by atoms with Crippen LogP contribution < -0.4 is 4.74 Å². The van der Waals surface area contributed by atoms with Crippen LogP contribution in [0.25, 0.3) is 0 Å². The quantitative estimate of drug-likeness (QED) is 0.696. The summed E-state index contributed by atoms with van der Waals surface area (Å²) in [6.07, 6.45) is 0.783. The highest BCUT2D eigenvalue weighted by molar-refractivity contribution is 6.01. The van der Waals surface area contributed by atoms with Crippen LogP contribution in [0.15, 0.2) is 54.6 Å². The summed E-state index contributed by atoms with van der Waals surface area (Å²) >= 11 is 0. The van der Waals surface area contributed by atoms with E-state index in [1.807, 2.05) is 42.5 Å². The number of carbonyl (C=O) groups excluding carboxylic acids is 3. The van der Waals surface area contributed by atoms with Gasteiger partial charge in [0.15, 0.2) is 0 Å². The molecular weight excluding hydrogens is 408 g/mol. The molecule has 0 aromatic heterocycles. The summed E-state index contributed by atoms with van der Waals surface area (Å²) in [6.45, 7) is 1.97. The van der Waals surface area contributed by atoms with E-state index in [1.165, 1.54) is 4.90 Å². The van der Waals surface area contributed by atoms with E-state index in [4.69, 9.17) is 9.47 Å². The van der Waals surface area contributed by atoms with E-state index in [9.17, 15) is 14.4 Å². The molecule has 0 radical (unpaired) electrons. The lowest BCUT2D eigenvalue weighted by Gasteiger charge is -2.32. The zero-order chi connectivity index (χ0) is 22.5. The number of carbonyl (C=O) groups is 3. The number of hydrogen-bond donors (Lipinski definition) is 0. The van der Waals surface area contributed by atoms with Crippen molar-refractivity contribution in [1.29, 1.82) is 0 Å². The summed E-state index contributed by atoms with van der Waals surface area (Å²) < 4.78 is 10.6. The number of nitrogens with zero attached hydrogens (tertiary/aromatic N) is 2. The van der Waals surface area contributed by atoms with Crippen LogP contribution in [0.1, 0.15) is 30.0 Å². The molecule has 0 saturated carbocycles. The fourth-order valence-electron chi connectivity index (χ4n) is 4.47. The summed E-state index contributed by atoms with van der Waals surface area (Å²) in [7, 11) is 1.58. The van der Waals surface area contributed by atoms with Crippen LogP contribution in [0.3, 0.4) is 0 Å². The number of imide groups is 1. The Morgan fingerprint density at radius 1 is 1.03 bits per heavy atom. The van der Waals surface area contributed by atoms with Crippen molar-refractivity contribution in [3.05, 3.63) is 65.7 Å². The first-order chi connectivity index (χ1) is 15.6. The lowest BCUT2D eigenvalue weighted by molar-refractivity contribution is -0.144. The lowest BCUT2D eigenvalue weighted by Crippen LogP contribution is -2.45. The van der Waals surface area contributed by atoms with Crippen LogP contribution >= 0.6 is 0 Å². The molecule has 3 amide bonds. The maximum Gasteiger partial charge on any atom is 0.230 e. The van der Waals surface area contributed by atoms with Crippen molar-refractivity contribution < 1.29 is 23.9 Å². The smallest absolute Gasteiger partial charge is 0.230 e. The Kier molecular flexibility index (Phi) is 6.85. The molecule has 2 atom stereocenters. The third-order valence-corrected chi connectivity index (χ3v) is 6.16. The van der Waals surface area contributed by atoms with E-state index >= 15 is 0 Å². The predicted octanol–water partition coefficient (Wildman–Crippen LogP) is 2.60. The van der Waals surface area contributed by atoms with Crippen molar-refractivity contribution in [3.63, 3.8) is 0 Å². The van der Waals surface area contributed by atoms with Crippen molar-refractivity contribution in [2.45, 2.75) is 25.3 Å². The summed E-state index contributed by atoms with van der Waals surface area (Å²) in [5.41, 5.74) is 1.80. The number of morpholine rings is 1. The first-order valence-corrected chi connectivity index (χ1v) is 11.0. The number of ether oxygens (including phenoxy) is 2. The van der Waals surface area contributed by atoms with Gasteiger partial charge in [0.1, 0.15) is 5.75 Å². The molecule has 4 rings (SSSR count). The number of hydrogen-bond acceptors (Lipinski definition) is 5. The minimum absolute atomic E-state index is 0.0317. The van der Waals surface area contributed by atoms with Crippen molar-refractivity contribution in [3.8, 4) is 5.75 Å². The van der Waals surface area contributed by atoms with Crippen LogP contribution in [-0.2, 0) is 25.5 Å². The number of amides is 3. The minimum Gasteiger partial charge on any atom is -0.497 e. The molecular formula is C25H28N2O5. The minimum atomic E-state index is -0.618. The number of benzene rings is 2. The van der Waals surface area contributed by atoms with Crippen LogP contribution in [-0.4, -0.2) is 60.9 Å². The van der Waals surface area contributed by atoms with E-state index in [2.05, 4.69) is 0 Å². The van der Waals surface area contributed by atoms with Gasteiger partial charge in [0.05, 0.1) is 32.3 Å². The Morgan fingerprint density at radius 3 is 2.38 bits per heavy atom. The molecule has 2 aromatic rings. The number of aryl methyl sites for hydroxylation is 1. The normalized spacial score (nSPS) is 21.0. The zero-order valence-corrected chi connectivity index (χ0v) is 18.2. The highest BCUT2D eigenvalue weighted by Crippen LogP contribution is 2.40. The van der Waals surface area contributed by atoms with Gasteiger partial charge in [-0.15, -0.1) is 0 Å². The van der Waals surface area contributed by atoms with Gasteiger partial charge < -0.3 is 14.4 Å². The molecule has 2 aliphatic heterocycles. The zero-order valence-electron chi connectivity index (χ0n) is 18.2. The van der Waals surface area contributed by atoms with Crippen LogP contribution in [0.4, 0.5) is 0 Å². The second kappa shape index (κ2) is 9.96. The number of rotatable bonds is 6. The highest BCUT2D eigenvalue weighted by Gasteiger charge is 2.48. The van der Waals surface area contributed by atoms with Crippen molar-refractivity contribution in [1.82, 2.24) is 9.80 Å². The lowest BCUT2D eigenvalue weighted by atomic mass is 9.91. The Hall–Kier alpha value is -3.19. The van der Waals surface area contributed by atoms with Crippen molar-refractivity contribution in [2.24, 2.45) is 5.92 Å². The first kappa shape index (κ1) is 22.0. The van der Waals surface area contributed by atoms with Crippen LogP contribution in [0.2, 0.25) is 0 Å². The van der Waals surface area contributed by atoms with Crippen LogP contribution in [0.5, 0.6) is 5.75 Å². The average Bonchev–Trinajstić information content (AvgIpc) is 3.20. The summed E-state index contributed by atoms with van der Waals surface area (Å²) in [4.78, 5) is 42.6. The van der Waals surface area contributed by atoms with Gasteiger partial charge in [-0.2, -0.15) is 0 Å². The van der Waals surface area contributed by atoms with Gasteiger partial charge in [-0.1, -0.05) is 42.5 Å². The molecule has 2 aliphatic rings. The molecule has 0 N–H and O–H groups in total. The van der Waals surface area contributed by atoms with Gasteiger partial charge in [-0.05, 0) is 29.7 Å². The largest absolute Gasteiger partial charge is 0.497 e. The van der Waals surface area contributed by atoms with Crippen LogP contribution in [0, 0.1) is 5.92 Å². The molecule has 0 spiro atoms. The highest BCUT2D eigenvalue weighted by atomic mass is 16.5. The number of likely N-dealkylation sites (tertiary alicyclic amines) is 1. The first-order valence-electron chi connectivity index (χ1n) is 11.0. The Balaban J connectivity index is 1.59. The van der Waals surface area contributed by atoms with Gasteiger partial charge in [0.25, 0.3) is 0 Å². The number of methoxy groups -OCH3 is 1. The second-order valence-electron chi connectivity index (χ2n) is 8.11. The monoisotopic (exact) mass is 436 g/mol. The van der Waals surface area contributed by atoms with Gasteiger partial charge >= 0.3 is 0 Å². The van der Waals surface area contributed by atoms with Gasteiger partial charge in [0, 0.05) is 25.9 Å². The van der Waals surface area contributed by atoms with E-state index in [0.717, 1.165) is 11.1 Å². The molecule has 0 unspecified atom stereocenters. The third-order valence-electron chi connectivity index (χ3n) is 6.16. The van der Waals surface area contributed by atoms with Gasteiger partial charge in [-0.3, -0.25) is 19.3 Å². The topological polar surface area (TPSA) is 76.2 Å². The molecule has 32 heavy (non-hydrogen) atoms. The third kappa shape index (κ3) is 4.67. The van der Waals surface area contributed by atoms with E-state index < -0.39 is 12.0 Å². The second-order valence-corrected chi connectivity index (χ2v) is 8.11. The molecule has 2 saturated heterocycles. The summed E-state index contributed by atoms with van der Waals surface area (Å²) in [6, 6.07) is 16.3. The fourth-order valence-corrected chi connectivity index (χ4v) is 4.47. The van der Waals surface area contributed by atoms with E-state index in [1.54, 1.807) is 24.1 Å². The molecule has 2 heterocycles. The standard InChI is InChI=1S/C25H28N2O5/c1-31-20-10-8-19(9-11-20)24-21(25(30)26-13-15-32-16-14-26)17-23(29)27(24)22(28)12-7-18-5-3-2-4-6-18/h2-6,8-11,21,24H,7,12-17H2,1H3/t21-,24+/m0/s1. The Morgan fingerprint density at radius 2 is 1.72 bits per heavy atom. The van der Waals surface area contributed by atoms with Crippen molar-refractivity contribution in [2.75, 3.05) is 33.4 Å². The van der Waals surface area contributed by atoms with E-state index in [0.29, 0.717) is 38.5 Å². The van der Waals surface area contributed by atoms with Crippen molar-refractivity contribution >= 4 is 17.7 Å². The Labute approximate surface area is 187 Å². The predicted molar refractivity (Wildman–Crippen MR) is 118 cm³/mol. The SMILES string of the molecule is COc1ccc([C@@H]2[C@@H](C(=O)N3CCOCC3)CC(=O)N2C(=O)CCc2ccccc2)cc1. The maximum atomic E-state index is 13.4. The molecule has 7 heteroatoms. The Bertz CT molecular complexity index is 954. The molecule has 0 aliphatic carbocycles. The summed E-state index contributed by atoms with van der Waals surface area (Å²) in [5.74, 6) is -0.570. The average molecular weight is 437 g/mol. The molecule has 2 fully saturated rings. The molecule has 7 nitrogen and oxygen atoms in total. The molecule has 2 aromatic carbocycles. The van der Waals surface area contributed by atoms with Gasteiger partial charge in [0.2, 0.25) is 17.7 Å². The fraction of sp³-hybridized carbons (Fsp3) is 0.400. The molecule has 0 bridgehead atoms. The maximum absolute atomic E-state index is 13.4. The van der Waals surface area contributed by atoms with E-state index in [-0.39, 0.29) is 30.6 Å². The summed E-state index contributed by atoms with van der Waals surface area (Å²) in [5, 5.41) is 0.